The number of hydrogen-bond donors (Lipinski definition) is 6. The van der Waals surface area contributed by atoms with Crippen molar-refractivity contribution in [3.63, 3.8) is 0 Å². The molecule has 0 spiro atoms. The van der Waals surface area contributed by atoms with Crippen molar-refractivity contribution in [2.45, 2.75) is 192 Å². The summed E-state index contributed by atoms with van der Waals surface area (Å²) in [7, 11) is -10.9. The van der Waals surface area contributed by atoms with E-state index >= 15 is 0 Å². The van der Waals surface area contributed by atoms with E-state index in [0.29, 0.717) is 25.7 Å². The summed E-state index contributed by atoms with van der Waals surface area (Å²) in [4.78, 5) is 61.8. The summed E-state index contributed by atoms with van der Waals surface area (Å²) in [6, 6.07) is 1.24. The van der Waals surface area contributed by atoms with Crippen LogP contribution in [0.5, 0.6) is 0 Å². The predicted molar refractivity (Wildman–Crippen MR) is 262 cm³/mol. The molecule has 1 saturated heterocycles. The zero-order valence-electron chi connectivity index (χ0n) is 40.9. The van der Waals surface area contributed by atoms with Gasteiger partial charge in [-0.2, -0.15) is 9.29 Å². The van der Waals surface area contributed by atoms with Crippen LogP contribution in [-0.2, 0) is 46.3 Å². The zero-order valence-corrected chi connectivity index (χ0v) is 42.7. The first kappa shape index (κ1) is 61.8. The number of nitrogens with two attached hydrogens (primary N) is 1. The number of carbonyl (C=O) groups is 2. The van der Waals surface area contributed by atoms with Gasteiger partial charge in [-0.25, -0.2) is 13.9 Å². The number of anilines is 1. The van der Waals surface area contributed by atoms with Crippen LogP contribution in [0, 0.1) is 5.92 Å². The molecule has 2 rings (SSSR count). The molecule has 1 aliphatic heterocycles. The summed E-state index contributed by atoms with van der Waals surface area (Å²) >= 11 is 0. The van der Waals surface area contributed by atoms with Gasteiger partial charge in [0.15, 0.2) is 12.3 Å². The molecule has 1 aromatic rings. The molecule has 0 radical (unpaired) electrons. The molecule has 21 heteroatoms. The van der Waals surface area contributed by atoms with Crippen molar-refractivity contribution in [3.8, 4) is 0 Å². The van der Waals surface area contributed by atoms with Gasteiger partial charge in [-0.15, -0.1) is 0 Å². The van der Waals surface area contributed by atoms with E-state index in [1.165, 1.54) is 63.9 Å². The smallest absolute Gasteiger partial charge is 0.462 e. The predicted octanol–water partition coefficient (Wildman–Crippen LogP) is 8.60. The maximum absolute atomic E-state index is 12.8. The number of ether oxygens (including phenoxy) is 3. The first-order chi connectivity index (χ1) is 32.9. The minimum atomic E-state index is -5.45. The molecule has 0 saturated carbocycles. The number of phosphoric ester groups is 2. The number of aliphatic hydroxyl groups excluding tert-OH is 3. The van der Waals surface area contributed by atoms with Gasteiger partial charge in [0, 0.05) is 19.0 Å². The number of rotatable bonds is 39. The summed E-state index contributed by atoms with van der Waals surface area (Å²) in [5.74, 6) is -0.697. The molecular formula is C48H81N3O16P2. The van der Waals surface area contributed by atoms with Crippen molar-refractivity contribution >= 4 is 33.4 Å². The molecule has 1 aliphatic rings. The van der Waals surface area contributed by atoms with Crippen LogP contribution in [0.2, 0.25) is 0 Å². The molecule has 7 N–H and O–H groups in total. The third kappa shape index (κ3) is 29.6. The number of esters is 2. The second-order valence-electron chi connectivity index (χ2n) is 17.6. The zero-order chi connectivity index (χ0) is 50.9. The van der Waals surface area contributed by atoms with Gasteiger partial charge < -0.3 is 45.1 Å². The van der Waals surface area contributed by atoms with Crippen LogP contribution in [0.3, 0.4) is 0 Å². The second kappa shape index (κ2) is 35.7. The Kier molecular flexibility index (Phi) is 32.0. The normalized spacial score (nSPS) is 20.3. The highest BCUT2D eigenvalue weighted by Gasteiger charge is 2.46. The van der Waals surface area contributed by atoms with E-state index in [0.717, 1.165) is 55.2 Å². The Morgan fingerprint density at radius 3 is 2.13 bits per heavy atom. The van der Waals surface area contributed by atoms with Crippen LogP contribution in [0.25, 0.3) is 0 Å². The van der Waals surface area contributed by atoms with Gasteiger partial charge in [-0.3, -0.25) is 23.2 Å². The van der Waals surface area contributed by atoms with Crippen molar-refractivity contribution < 1.29 is 71.4 Å². The highest BCUT2D eigenvalue weighted by molar-refractivity contribution is 7.61. The van der Waals surface area contributed by atoms with Crippen molar-refractivity contribution in [3.05, 3.63) is 71.4 Å². The monoisotopic (exact) mass is 1020 g/mol. The molecule has 394 valence electrons. The van der Waals surface area contributed by atoms with Gasteiger partial charge in [0.05, 0.1) is 19.3 Å². The van der Waals surface area contributed by atoms with Gasteiger partial charge in [-0.05, 0) is 56.9 Å². The Hall–Kier alpha value is -3.32. The van der Waals surface area contributed by atoms with Gasteiger partial charge in [0.2, 0.25) is 0 Å². The van der Waals surface area contributed by atoms with Crippen molar-refractivity contribution in [2.24, 2.45) is 5.92 Å². The second-order valence-corrected chi connectivity index (χ2v) is 20.7. The van der Waals surface area contributed by atoms with E-state index in [1.807, 2.05) is 18.2 Å². The van der Waals surface area contributed by atoms with Crippen molar-refractivity contribution in [2.75, 3.05) is 25.6 Å². The van der Waals surface area contributed by atoms with Crippen LogP contribution in [0.4, 0.5) is 5.82 Å². The van der Waals surface area contributed by atoms with Crippen molar-refractivity contribution in [1.82, 2.24) is 9.55 Å². The van der Waals surface area contributed by atoms with Crippen LogP contribution in [0.15, 0.2) is 65.7 Å². The molecule has 0 aliphatic carbocycles. The first-order valence-electron chi connectivity index (χ1n) is 24.6. The average Bonchev–Trinajstić information content (AvgIpc) is 3.57. The maximum Gasteiger partial charge on any atom is 0.481 e. The highest BCUT2D eigenvalue weighted by atomic mass is 31.3. The van der Waals surface area contributed by atoms with Gasteiger partial charge in [-0.1, -0.05) is 146 Å². The molecule has 0 amide bonds. The molecule has 0 aromatic carbocycles. The lowest BCUT2D eigenvalue weighted by Gasteiger charge is -2.21. The summed E-state index contributed by atoms with van der Waals surface area (Å²) in [6.45, 7) is 4.24. The third-order valence-corrected chi connectivity index (χ3v) is 13.5. The molecule has 2 heterocycles. The van der Waals surface area contributed by atoms with Crippen LogP contribution >= 0.6 is 15.6 Å². The lowest BCUT2D eigenvalue weighted by Crippen LogP contribution is -2.36. The van der Waals surface area contributed by atoms with Gasteiger partial charge in [0.1, 0.15) is 30.7 Å². The number of allylic oxidation sites excluding steroid dienone is 6. The van der Waals surface area contributed by atoms with E-state index in [9.17, 15) is 48.6 Å². The molecule has 0 bridgehead atoms. The molecule has 69 heavy (non-hydrogen) atoms. The fourth-order valence-electron chi connectivity index (χ4n) is 7.04. The molecule has 1 aromatic heterocycles. The van der Waals surface area contributed by atoms with E-state index in [4.69, 9.17) is 29.0 Å². The number of unbranched alkanes of at least 4 members (excludes halogenated alkanes) is 13. The Labute approximate surface area is 408 Å². The van der Waals surface area contributed by atoms with Crippen molar-refractivity contribution in [1.29, 1.82) is 0 Å². The fraction of sp³-hybridized carbons (Fsp3) is 0.708. The van der Waals surface area contributed by atoms with E-state index in [-0.39, 0.29) is 18.7 Å². The quantitative estimate of drug-likeness (QED) is 0.0118. The number of hydrogen-bond acceptors (Lipinski definition) is 16. The Morgan fingerprint density at radius 1 is 0.812 bits per heavy atom. The summed E-state index contributed by atoms with van der Waals surface area (Å²) < 4.78 is 56.6. The number of nitrogens with zero attached hydrogens (tertiary/aromatic N) is 2. The van der Waals surface area contributed by atoms with Gasteiger partial charge >= 0.3 is 33.3 Å². The number of carbonyl (C=O) groups excluding carboxylic acids is 2. The van der Waals surface area contributed by atoms with E-state index in [1.54, 1.807) is 18.2 Å². The van der Waals surface area contributed by atoms with Gasteiger partial charge in [0.25, 0.3) is 0 Å². The lowest BCUT2D eigenvalue weighted by atomic mass is 10.0. The topological polar surface area (TPSA) is 286 Å². The first-order valence-corrected chi connectivity index (χ1v) is 27.6. The number of nitrogen functional groups attached to an aromatic ring is 1. The Bertz CT molecular complexity index is 1870. The lowest BCUT2D eigenvalue weighted by molar-refractivity contribution is -0.161. The largest absolute Gasteiger partial charge is 0.481 e. The molecular weight excluding hydrogens is 936 g/mol. The van der Waals surface area contributed by atoms with Crippen LogP contribution in [-0.4, -0.2) is 96.9 Å². The SMILES string of the molecule is CCCCC/C=C\C/C=C\CC(O)/C=C\C=C\CCCC(=O)OC[C@H](COP(=O)(O)OP(=O)(O)OC[C@H]1O[C@@H](n2ccc(N)nc2=O)[C@H](O)[C@@H]1O)OC(=O)CCCCCCCCCCCCC(C)C. The highest BCUT2D eigenvalue weighted by Crippen LogP contribution is 2.60. The average molecular weight is 1020 g/mol. The number of aliphatic hydroxyl groups is 3. The number of aromatic nitrogens is 2. The maximum atomic E-state index is 12.8. The Morgan fingerprint density at radius 2 is 1.45 bits per heavy atom. The molecule has 19 nitrogen and oxygen atoms in total. The summed E-state index contributed by atoms with van der Waals surface area (Å²) in [6.07, 6.45) is 26.7. The Balaban J connectivity index is 1.86. The molecule has 3 unspecified atom stereocenters. The fourth-order valence-corrected chi connectivity index (χ4v) is 9.15. The summed E-state index contributed by atoms with van der Waals surface area (Å²) in [5, 5.41) is 31.1. The number of phosphoric acid groups is 2. The summed E-state index contributed by atoms with van der Waals surface area (Å²) in [5.41, 5.74) is 4.57. The standard InChI is InChI=1S/C48H81N3O16P2/c1-4-5-6-7-8-11-15-19-24-29-39(52)30-25-20-17-22-26-31-43(53)62-35-40(65-44(54)32-27-21-16-13-10-9-12-14-18-23-28-38(2)3)36-63-68(58,59)67-69(60,61)64-37-41-45(55)46(56)47(66-41)51-34-33-42(49)50-48(51)57/h8,11,17,19-20,24-25,30,33-34,38-41,45-47,52,55-56H,4-7,9-10,12-16,18,21-23,26-29,31-32,35-37H2,1-3H3,(H,58,59)(H,60,61)(H2,49,50,57)/b11-8-,20-17+,24-19-,30-25-/t39?,40-,41-,45-,46-,47-/m1/s1. The van der Waals surface area contributed by atoms with Crippen LogP contribution in [0.1, 0.15) is 162 Å². The minimum absolute atomic E-state index is 0.00833. The van der Waals surface area contributed by atoms with E-state index in [2.05, 4.69) is 42.2 Å². The van der Waals surface area contributed by atoms with Crippen LogP contribution < -0.4 is 11.4 Å². The molecule has 1 fully saturated rings. The van der Waals surface area contributed by atoms with E-state index < -0.39 is 89.8 Å². The minimum Gasteiger partial charge on any atom is -0.462 e. The third-order valence-electron chi connectivity index (χ3n) is 10.9. The molecule has 8 atom stereocenters.